The number of hydrogen-bond donors (Lipinski definition) is 7. The van der Waals surface area contributed by atoms with Crippen LogP contribution in [0.4, 0.5) is 11.5 Å². The number of likely N-dealkylation sites (N-methyl/N-ethyl adjacent to an activating group) is 1. The number of nitrogens with zero attached hydrogens (tertiary/aromatic N) is 6. The molecule has 7 rings (SSSR count). The topological polar surface area (TPSA) is 301 Å². The van der Waals surface area contributed by atoms with Crippen molar-refractivity contribution in [2.75, 3.05) is 52.3 Å². The van der Waals surface area contributed by atoms with Crippen molar-refractivity contribution in [3.8, 4) is 23.0 Å². The Morgan fingerprint density at radius 2 is 1.66 bits per heavy atom. The van der Waals surface area contributed by atoms with E-state index in [4.69, 9.17) is 24.1 Å². The fraction of sp³-hybridized carbons (Fsp3) is 0.531. The molecule has 71 heavy (non-hydrogen) atoms. The molecule has 7 N–H and O–H groups in total. The number of hydrazone groups is 1. The third-order valence-electron chi connectivity index (χ3n) is 13.4. The van der Waals surface area contributed by atoms with Crippen molar-refractivity contribution in [3.63, 3.8) is 0 Å². The molecule has 5 heterocycles. The molecule has 1 amide bonds. The number of ketones is 1. The average molecular weight is 994 g/mol. The molecule has 0 spiro atoms. The lowest BCUT2D eigenvalue weighted by Crippen LogP contribution is -2.46. The van der Waals surface area contributed by atoms with E-state index in [1.807, 2.05) is 7.05 Å². The number of ether oxygens (including phenoxy) is 4. The molecule has 4 aliphatic heterocycles. The number of fused-ring (bicyclic) bond motifs is 14. The number of aliphatic hydroxyl groups is 3. The van der Waals surface area contributed by atoms with Crippen LogP contribution in [-0.4, -0.2) is 156 Å². The molecule has 3 aromatic rings. The Morgan fingerprint density at radius 1 is 1.00 bits per heavy atom. The van der Waals surface area contributed by atoms with E-state index in [1.54, 1.807) is 51.8 Å². The van der Waals surface area contributed by atoms with E-state index in [-0.39, 0.29) is 63.4 Å². The lowest BCUT2D eigenvalue weighted by Gasteiger charge is -2.38. The highest BCUT2D eigenvalue weighted by atomic mass is 16.7. The lowest BCUT2D eigenvalue weighted by atomic mass is 9.78. The summed E-state index contributed by atoms with van der Waals surface area (Å²) in [5, 5.41) is 85.8. The number of rotatable bonds is 7. The van der Waals surface area contributed by atoms with Gasteiger partial charge in [-0.3, -0.25) is 19.4 Å². The van der Waals surface area contributed by atoms with Gasteiger partial charge < -0.3 is 69.9 Å². The van der Waals surface area contributed by atoms with E-state index in [9.17, 15) is 50.0 Å². The minimum atomic E-state index is -2.04. The second-order valence-electron chi connectivity index (χ2n) is 18.4. The fourth-order valence-corrected chi connectivity index (χ4v) is 8.90. The van der Waals surface area contributed by atoms with Gasteiger partial charge in [-0.1, -0.05) is 45.9 Å². The zero-order valence-corrected chi connectivity index (χ0v) is 41.9. The number of nitro groups is 1. The quantitative estimate of drug-likeness (QED) is 0.0430. The van der Waals surface area contributed by atoms with Crippen LogP contribution < -0.4 is 10.1 Å². The highest BCUT2D eigenvalue weighted by molar-refractivity contribution is 6.23. The zero-order chi connectivity index (χ0) is 52.8. The second-order valence-corrected chi connectivity index (χ2v) is 18.4. The number of aliphatic hydroxyl groups excluding tert-OH is 3. The third-order valence-corrected chi connectivity index (χ3v) is 13.4. The molecule has 0 radical (unpaired) electrons. The molecule has 0 aliphatic carbocycles. The number of benzene rings is 2. The Hall–Kier alpha value is -6.59. The van der Waals surface area contributed by atoms with Crippen LogP contribution in [0.15, 0.2) is 47.4 Å². The number of aryl methyl sites for hydroxylation is 1. The van der Waals surface area contributed by atoms with Gasteiger partial charge >= 0.3 is 17.6 Å². The Labute approximate surface area is 411 Å². The Bertz CT molecular complexity index is 2600. The maximum absolute atomic E-state index is 14.4. The number of aromatic nitrogens is 2. The number of methoxy groups -OCH3 is 1. The number of phenols is 3. The zero-order valence-electron chi connectivity index (χ0n) is 41.9. The van der Waals surface area contributed by atoms with E-state index in [2.05, 4.69) is 20.3 Å². The molecule has 22 heteroatoms. The minimum Gasteiger partial charge on any atom is -0.507 e. The fourth-order valence-electron chi connectivity index (χ4n) is 8.90. The number of amides is 1. The Balaban J connectivity index is 0.000000682. The number of Topliss-reactive ketones (excluding diaryl/α,β-unsaturated/α-hetero) is 1. The second kappa shape index (κ2) is 23.1. The smallest absolute Gasteiger partial charge is 0.342 e. The van der Waals surface area contributed by atoms with E-state index in [0.717, 1.165) is 13.1 Å². The molecular weight excluding hydrogens is 927 g/mol. The van der Waals surface area contributed by atoms with Crippen LogP contribution in [0.5, 0.6) is 23.0 Å². The molecule has 0 saturated carbocycles. The van der Waals surface area contributed by atoms with Crippen molar-refractivity contribution in [1.29, 1.82) is 0 Å². The van der Waals surface area contributed by atoms with Crippen LogP contribution in [-0.2, 0) is 30.3 Å². The first-order valence-corrected chi connectivity index (χ1v) is 23.2. The van der Waals surface area contributed by atoms with Crippen LogP contribution in [0, 0.1) is 47.6 Å². The maximum Gasteiger partial charge on any atom is 0.342 e. The number of hydrogen-bond acceptors (Lipinski definition) is 19. The van der Waals surface area contributed by atoms with Crippen LogP contribution in [0.2, 0.25) is 0 Å². The van der Waals surface area contributed by atoms with Crippen molar-refractivity contribution >= 4 is 46.2 Å². The summed E-state index contributed by atoms with van der Waals surface area (Å²) >= 11 is 0. The predicted octanol–water partition coefficient (Wildman–Crippen LogP) is 4.43. The first-order chi connectivity index (χ1) is 33.4. The van der Waals surface area contributed by atoms with Crippen LogP contribution in [0.3, 0.4) is 0 Å². The average Bonchev–Trinajstić information content (AvgIpc) is 3.83. The molecule has 0 unspecified atom stereocenters. The number of carbonyl (C=O) groups is 3. The molecule has 1 aromatic heterocycles. The number of allylic oxidation sites excluding steroid dienone is 2. The summed E-state index contributed by atoms with van der Waals surface area (Å²) in [4.78, 5) is 56.2. The van der Waals surface area contributed by atoms with E-state index < -0.39 is 93.7 Å². The highest BCUT2D eigenvalue weighted by Crippen LogP contribution is 2.55. The van der Waals surface area contributed by atoms with Gasteiger partial charge in [-0.2, -0.15) is 5.10 Å². The van der Waals surface area contributed by atoms with Crippen LogP contribution in [0.25, 0.3) is 10.8 Å². The van der Waals surface area contributed by atoms with E-state index >= 15 is 0 Å². The van der Waals surface area contributed by atoms with Crippen molar-refractivity contribution in [2.24, 2.45) is 28.8 Å². The highest BCUT2D eigenvalue weighted by Gasteiger charge is 2.50. The van der Waals surface area contributed by atoms with Gasteiger partial charge in [0.2, 0.25) is 0 Å². The molecule has 5 bridgehead atoms. The van der Waals surface area contributed by atoms with Gasteiger partial charge in [0.25, 0.3) is 11.7 Å². The van der Waals surface area contributed by atoms with E-state index in [0.29, 0.717) is 18.9 Å². The van der Waals surface area contributed by atoms with Crippen molar-refractivity contribution in [1.82, 2.24) is 19.5 Å². The lowest BCUT2D eigenvalue weighted by molar-refractivity contribution is -0.392. The van der Waals surface area contributed by atoms with Gasteiger partial charge in [0, 0.05) is 94.3 Å². The van der Waals surface area contributed by atoms with Crippen molar-refractivity contribution in [3.05, 3.63) is 75.0 Å². The Kier molecular flexibility index (Phi) is 18.0. The van der Waals surface area contributed by atoms with E-state index in [1.165, 1.54) is 70.2 Å². The molecule has 4 aliphatic rings. The van der Waals surface area contributed by atoms with Gasteiger partial charge in [-0.25, -0.2) is 9.55 Å². The summed E-state index contributed by atoms with van der Waals surface area (Å²) in [6, 6.07) is 0. The molecule has 9 atom stereocenters. The van der Waals surface area contributed by atoms with Gasteiger partial charge in [0.15, 0.2) is 11.6 Å². The molecule has 22 nitrogen and oxygen atoms in total. The molecule has 388 valence electrons. The van der Waals surface area contributed by atoms with Crippen molar-refractivity contribution in [2.45, 2.75) is 99.1 Å². The van der Waals surface area contributed by atoms with Crippen LogP contribution in [0.1, 0.15) is 75.8 Å². The molecule has 2 aromatic carbocycles. The summed E-state index contributed by atoms with van der Waals surface area (Å²) in [6.07, 6.45) is 6.05. The van der Waals surface area contributed by atoms with Crippen molar-refractivity contribution < 1.29 is 68.9 Å². The predicted molar refractivity (Wildman–Crippen MR) is 261 cm³/mol. The number of nitrogens with one attached hydrogen (secondary N) is 1. The van der Waals surface area contributed by atoms with Gasteiger partial charge in [-0.05, 0) is 31.9 Å². The summed E-state index contributed by atoms with van der Waals surface area (Å²) in [6.45, 7) is 16.8. The minimum absolute atomic E-state index is 0.0559. The Morgan fingerprint density at radius 3 is 2.27 bits per heavy atom. The van der Waals surface area contributed by atoms with Crippen LogP contribution >= 0.6 is 0 Å². The number of carbonyl (C=O) groups excluding carboxylic acids is 3. The number of phenolic OH excluding ortho intramolecular Hbond substituents is 3. The third kappa shape index (κ3) is 11.8. The molecule has 1 saturated heterocycles. The van der Waals surface area contributed by atoms with Gasteiger partial charge in [0.05, 0.1) is 59.6 Å². The number of anilines is 1. The first-order valence-electron chi connectivity index (χ1n) is 23.2. The molecular formula is C49H67N7O15. The SMILES string of the molecule is CO[C@H]1/C=C/O[C@@]2(C)Oc3c(C)c(O)c4c(O)c(c(/C=N/N5CCN(C)CC5)c(O)c4c3C2=O)NC(=O)/C(C)=C\C=C\[C@H](C)[C@H](O)[C@@H](C)[C@@H](O)[C@@H](C)[C@H](OC(C)=O)[C@@H]1C.Cc1ncc([N+](=O)[O-])n1CCO. The van der Waals surface area contributed by atoms with Gasteiger partial charge in [-0.15, -0.1) is 0 Å². The summed E-state index contributed by atoms with van der Waals surface area (Å²) in [7, 11) is 3.42. The number of imidazole rings is 1. The molecule has 1 fully saturated rings. The standard InChI is InChI=1S/C43H58N4O12.C6H9N3O3/c1-21-12-11-13-22(2)42(55)45-33-28(20-44-47-17-15-46(9)16-18-47)37(52)30-31(38(33)53)36(51)26(6)40-32(30)41(54)43(8,59-40)57-19-14-29(56-10)23(3)39(58-27(7)48)25(5)35(50)24(4)34(21)49;1-5-7-4-6(9(11)12)8(5)2-3-10/h11-14,19-21,23-25,29,34-35,39,49-53H,15-18H2,1-10H3,(H,45,55);4,10H,2-3H2,1H3/b12-11+,19-14+,22-13-,44-20+;/t21-,23+,24+,25+,29-,34-,35+,39+,43-;/m0./s1. The largest absolute Gasteiger partial charge is 0.507 e. The maximum atomic E-state index is 14.4. The summed E-state index contributed by atoms with van der Waals surface area (Å²) in [5.41, 5.74) is -0.350. The first kappa shape index (κ1) is 55.3. The number of aromatic hydroxyl groups is 3. The monoisotopic (exact) mass is 993 g/mol. The number of esters is 1. The number of piperazine rings is 1. The van der Waals surface area contributed by atoms with Gasteiger partial charge in [0.1, 0.15) is 36.1 Å². The summed E-state index contributed by atoms with van der Waals surface area (Å²) in [5.74, 6) is -7.89. The summed E-state index contributed by atoms with van der Waals surface area (Å²) < 4.78 is 25.0. The normalized spacial score (nSPS) is 28.4.